The van der Waals surface area contributed by atoms with Crippen molar-refractivity contribution >= 4 is 11.8 Å². The minimum absolute atomic E-state index is 0.324. The van der Waals surface area contributed by atoms with Crippen LogP contribution in [-0.2, 0) is 0 Å². The molecule has 0 heterocycles. The van der Waals surface area contributed by atoms with Gasteiger partial charge in [-0.25, -0.2) is 0 Å². The molecule has 0 amide bonds. The fourth-order valence-corrected chi connectivity index (χ4v) is 3.73. The first-order valence-electron chi connectivity index (χ1n) is 6.14. The Hall–Kier alpha value is 0.270. The van der Waals surface area contributed by atoms with E-state index in [4.69, 9.17) is 5.11 Å². The molecule has 4 unspecified atom stereocenters. The molecular weight excluding hydrogens is 206 g/mol. The summed E-state index contributed by atoms with van der Waals surface area (Å²) in [4.78, 5) is 0. The van der Waals surface area contributed by atoms with E-state index in [1.54, 1.807) is 0 Å². The van der Waals surface area contributed by atoms with Crippen molar-refractivity contribution < 1.29 is 5.11 Å². The van der Waals surface area contributed by atoms with Crippen molar-refractivity contribution in [1.82, 2.24) is 5.32 Å². The first-order valence-corrected chi connectivity index (χ1v) is 7.19. The van der Waals surface area contributed by atoms with Crippen molar-refractivity contribution in [3.8, 4) is 0 Å². The van der Waals surface area contributed by atoms with Crippen molar-refractivity contribution in [3.05, 3.63) is 0 Å². The number of rotatable bonds is 6. The van der Waals surface area contributed by atoms with Gasteiger partial charge in [0.15, 0.2) is 0 Å². The van der Waals surface area contributed by atoms with E-state index in [0.29, 0.717) is 12.5 Å². The lowest BCUT2D eigenvalue weighted by Crippen LogP contribution is -2.33. The summed E-state index contributed by atoms with van der Waals surface area (Å²) >= 11 is 2.05. The number of thioether (sulfide) groups is 1. The predicted molar refractivity (Wildman–Crippen MR) is 68.4 cm³/mol. The first-order chi connectivity index (χ1) is 7.19. The molecule has 1 aliphatic carbocycles. The lowest BCUT2D eigenvalue weighted by molar-refractivity contribution is 0.250. The Balaban J connectivity index is 2.26. The minimum Gasteiger partial charge on any atom is -0.396 e. The fourth-order valence-electron chi connectivity index (χ4n) is 2.25. The van der Waals surface area contributed by atoms with Gasteiger partial charge in [0.25, 0.3) is 0 Å². The lowest BCUT2D eigenvalue weighted by Gasteiger charge is -2.21. The van der Waals surface area contributed by atoms with Crippen LogP contribution < -0.4 is 5.32 Å². The smallest absolute Gasteiger partial charge is 0.0464 e. The topological polar surface area (TPSA) is 32.3 Å². The molecule has 1 rings (SSSR count). The van der Waals surface area contributed by atoms with Crippen molar-refractivity contribution in [1.29, 1.82) is 0 Å². The van der Waals surface area contributed by atoms with Crippen LogP contribution in [0, 0.1) is 11.8 Å². The van der Waals surface area contributed by atoms with E-state index in [1.807, 2.05) is 0 Å². The highest BCUT2D eigenvalue weighted by Gasteiger charge is 2.32. The first kappa shape index (κ1) is 13.3. The molecule has 4 atom stereocenters. The second-order valence-electron chi connectivity index (χ2n) is 4.76. The normalized spacial score (nSPS) is 33.2. The van der Waals surface area contributed by atoms with Gasteiger partial charge < -0.3 is 10.4 Å². The highest BCUT2D eigenvalue weighted by molar-refractivity contribution is 7.99. The van der Waals surface area contributed by atoms with E-state index in [0.717, 1.165) is 29.5 Å². The SMILES string of the molecule is CCNC1CCC(SCC(C)CO)C1C. The molecule has 1 saturated carbocycles. The van der Waals surface area contributed by atoms with Crippen molar-refractivity contribution in [3.63, 3.8) is 0 Å². The fraction of sp³-hybridized carbons (Fsp3) is 1.00. The van der Waals surface area contributed by atoms with Gasteiger partial charge in [0.05, 0.1) is 0 Å². The van der Waals surface area contributed by atoms with E-state index in [-0.39, 0.29) is 0 Å². The summed E-state index contributed by atoms with van der Waals surface area (Å²) in [5.74, 6) is 2.32. The standard InChI is InChI=1S/C12H25NOS/c1-4-13-11-5-6-12(10(11)3)15-8-9(2)7-14/h9-14H,4-8H2,1-3H3. The summed E-state index contributed by atoms with van der Waals surface area (Å²) in [6.45, 7) is 8.07. The largest absolute Gasteiger partial charge is 0.396 e. The van der Waals surface area contributed by atoms with Crippen LogP contribution in [0.15, 0.2) is 0 Å². The van der Waals surface area contributed by atoms with Crippen LogP contribution in [-0.4, -0.2) is 35.3 Å². The third-order valence-electron chi connectivity index (χ3n) is 3.36. The van der Waals surface area contributed by atoms with E-state index in [2.05, 4.69) is 37.8 Å². The van der Waals surface area contributed by atoms with Crippen LogP contribution in [0.2, 0.25) is 0 Å². The number of hydrogen-bond acceptors (Lipinski definition) is 3. The van der Waals surface area contributed by atoms with Gasteiger partial charge in [-0.15, -0.1) is 0 Å². The summed E-state index contributed by atoms with van der Waals surface area (Å²) in [5, 5.41) is 13.3. The van der Waals surface area contributed by atoms with Crippen LogP contribution in [0.1, 0.15) is 33.6 Å². The second kappa shape index (κ2) is 6.77. The maximum Gasteiger partial charge on any atom is 0.0464 e. The molecule has 90 valence electrons. The average Bonchev–Trinajstić information content (AvgIpc) is 2.58. The van der Waals surface area contributed by atoms with Gasteiger partial charge in [-0.05, 0) is 37.0 Å². The van der Waals surface area contributed by atoms with Crippen LogP contribution in [0.4, 0.5) is 0 Å². The van der Waals surface area contributed by atoms with Gasteiger partial charge in [-0.2, -0.15) is 11.8 Å². The van der Waals surface area contributed by atoms with Gasteiger partial charge in [0.1, 0.15) is 0 Å². The third kappa shape index (κ3) is 3.97. The third-order valence-corrected chi connectivity index (χ3v) is 5.21. The average molecular weight is 231 g/mol. The molecule has 0 saturated heterocycles. The Labute approximate surface area is 98.2 Å². The monoisotopic (exact) mass is 231 g/mol. The summed E-state index contributed by atoms with van der Waals surface area (Å²) in [6, 6.07) is 0.719. The lowest BCUT2D eigenvalue weighted by atomic mass is 10.1. The molecule has 15 heavy (non-hydrogen) atoms. The van der Waals surface area contributed by atoms with E-state index in [9.17, 15) is 0 Å². The molecule has 0 aliphatic heterocycles. The number of hydrogen-bond donors (Lipinski definition) is 2. The predicted octanol–water partition coefficient (Wildman–Crippen LogP) is 2.12. The van der Waals surface area contributed by atoms with Crippen LogP contribution >= 0.6 is 11.8 Å². The highest BCUT2D eigenvalue weighted by Crippen LogP contribution is 2.35. The molecule has 0 radical (unpaired) electrons. The van der Waals surface area contributed by atoms with Gasteiger partial charge in [-0.3, -0.25) is 0 Å². The maximum absolute atomic E-state index is 8.99. The van der Waals surface area contributed by atoms with Crippen molar-refractivity contribution in [2.24, 2.45) is 11.8 Å². The van der Waals surface area contributed by atoms with Gasteiger partial charge >= 0.3 is 0 Å². The van der Waals surface area contributed by atoms with E-state index < -0.39 is 0 Å². The molecule has 0 bridgehead atoms. The Morgan fingerprint density at radius 1 is 1.47 bits per heavy atom. The zero-order chi connectivity index (χ0) is 11.3. The van der Waals surface area contributed by atoms with Gasteiger partial charge in [0, 0.05) is 17.9 Å². The second-order valence-corrected chi connectivity index (χ2v) is 6.03. The van der Waals surface area contributed by atoms with E-state index >= 15 is 0 Å². The molecule has 0 aromatic heterocycles. The Morgan fingerprint density at radius 3 is 2.80 bits per heavy atom. The summed E-state index contributed by atoms with van der Waals surface area (Å²) in [6.07, 6.45) is 2.65. The van der Waals surface area contributed by atoms with E-state index in [1.165, 1.54) is 12.8 Å². The number of nitrogens with one attached hydrogen (secondary N) is 1. The minimum atomic E-state index is 0.324. The quantitative estimate of drug-likeness (QED) is 0.734. The van der Waals surface area contributed by atoms with Crippen LogP contribution in [0.5, 0.6) is 0 Å². The molecule has 2 N–H and O–H groups in total. The number of aliphatic hydroxyl groups excluding tert-OH is 1. The van der Waals surface area contributed by atoms with Crippen molar-refractivity contribution in [2.75, 3.05) is 18.9 Å². The Morgan fingerprint density at radius 2 is 2.20 bits per heavy atom. The highest BCUT2D eigenvalue weighted by atomic mass is 32.2. The molecule has 0 aromatic rings. The van der Waals surface area contributed by atoms with Crippen LogP contribution in [0.25, 0.3) is 0 Å². The van der Waals surface area contributed by atoms with Crippen LogP contribution in [0.3, 0.4) is 0 Å². The molecular formula is C12H25NOS. The van der Waals surface area contributed by atoms with Crippen molar-refractivity contribution in [2.45, 2.75) is 44.9 Å². The summed E-state index contributed by atoms with van der Waals surface area (Å²) in [7, 11) is 0. The Kier molecular flexibility index (Phi) is 6.02. The summed E-state index contributed by atoms with van der Waals surface area (Å²) in [5.41, 5.74) is 0. The molecule has 0 spiro atoms. The van der Waals surface area contributed by atoms with Gasteiger partial charge in [-0.1, -0.05) is 20.8 Å². The number of aliphatic hydroxyl groups is 1. The summed E-state index contributed by atoms with van der Waals surface area (Å²) < 4.78 is 0. The maximum atomic E-state index is 8.99. The molecule has 3 heteroatoms. The molecule has 1 fully saturated rings. The zero-order valence-electron chi connectivity index (χ0n) is 10.2. The molecule has 1 aliphatic rings. The van der Waals surface area contributed by atoms with Gasteiger partial charge in [0.2, 0.25) is 0 Å². The Bertz CT molecular complexity index is 177. The zero-order valence-corrected chi connectivity index (χ0v) is 11.0. The molecule has 0 aromatic carbocycles. The molecule has 2 nitrogen and oxygen atoms in total.